The quantitative estimate of drug-likeness (QED) is 0.710. The number of ketones is 1. The molecule has 0 fully saturated rings. The van der Waals surface area contributed by atoms with Crippen molar-refractivity contribution < 1.29 is 4.79 Å². The molecule has 1 heterocycles. The number of carbonyl (C=O) groups is 1. The summed E-state index contributed by atoms with van der Waals surface area (Å²) in [6, 6.07) is 11.2. The van der Waals surface area contributed by atoms with Crippen molar-refractivity contribution in [3.8, 4) is 0 Å². The zero-order chi connectivity index (χ0) is 14.1. The van der Waals surface area contributed by atoms with E-state index in [4.69, 9.17) is 11.6 Å². The minimum atomic E-state index is -0.0531. The number of anilines is 2. The number of nitrogens with one attached hydrogen (secondary N) is 2. The molecule has 0 aliphatic heterocycles. The smallest absolute Gasteiger partial charge is 0.161 e. The highest BCUT2D eigenvalue weighted by Crippen LogP contribution is 2.25. The highest BCUT2D eigenvalue weighted by Gasteiger charge is 2.07. The normalized spacial score (nSPS) is 10.7. The molecule has 4 nitrogen and oxygen atoms in total. The molecule has 0 bridgehead atoms. The summed E-state index contributed by atoms with van der Waals surface area (Å²) in [6.45, 7) is 1.50. The molecule has 100 valence electrons. The maximum Gasteiger partial charge on any atom is 0.161 e. The van der Waals surface area contributed by atoms with Gasteiger partial charge in [0.15, 0.2) is 5.78 Å². The van der Waals surface area contributed by atoms with E-state index in [1.165, 1.54) is 6.92 Å². The Morgan fingerprint density at radius 2 is 1.95 bits per heavy atom. The molecule has 0 saturated heterocycles. The third-order valence-corrected chi connectivity index (χ3v) is 3.41. The monoisotopic (exact) mass is 285 g/mol. The van der Waals surface area contributed by atoms with Crippen LogP contribution >= 0.6 is 11.6 Å². The highest BCUT2D eigenvalue weighted by atomic mass is 35.5. The molecule has 0 unspecified atom stereocenters. The van der Waals surface area contributed by atoms with Crippen LogP contribution < -0.4 is 5.32 Å². The van der Waals surface area contributed by atoms with E-state index in [2.05, 4.69) is 15.5 Å². The molecule has 3 rings (SSSR count). The second-order valence-electron chi connectivity index (χ2n) is 4.55. The molecule has 0 radical (unpaired) electrons. The molecule has 5 heteroatoms. The van der Waals surface area contributed by atoms with Gasteiger partial charge < -0.3 is 5.32 Å². The first kappa shape index (κ1) is 12.7. The van der Waals surface area contributed by atoms with E-state index >= 15 is 0 Å². The number of halogens is 1. The van der Waals surface area contributed by atoms with Crippen LogP contribution in [-0.4, -0.2) is 16.0 Å². The zero-order valence-electron chi connectivity index (χ0n) is 10.8. The Morgan fingerprint density at radius 3 is 2.75 bits per heavy atom. The van der Waals surface area contributed by atoms with Crippen molar-refractivity contribution in [2.75, 3.05) is 5.32 Å². The fraction of sp³-hybridized carbons (Fsp3) is 0.0667. The van der Waals surface area contributed by atoms with Gasteiger partial charge in [-0.2, -0.15) is 5.10 Å². The fourth-order valence-electron chi connectivity index (χ4n) is 2.05. The van der Waals surface area contributed by atoms with Gasteiger partial charge in [-0.15, -0.1) is 0 Å². The second-order valence-corrected chi connectivity index (χ2v) is 4.96. The average Bonchev–Trinajstić information content (AvgIpc) is 2.88. The third kappa shape index (κ3) is 2.38. The Bertz CT molecular complexity index is 795. The maximum atomic E-state index is 11.5. The van der Waals surface area contributed by atoms with Crippen molar-refractivity contribution in [2.45, 2.75) is 6.92 Å². The molecular formula is C15H12ClN3O. The van der Waals surface area contributed by atoms with Gasteiger partial charge in [0.05, 0.1) is 16.7 Å². The van der Waals surface area contributed by atoms with Crippen LogP contribution in [0.1, 0.15) is 17.3 Å². The summed E-state index contributed by atoms with van der Waals surface area (Å²) in [5.41, 5.74) is 3.20. The number of Topliss-reactive ketones (excluding diaryl/α,β-unsaturated/α-hetero) is 1. The molecule has 2 N–H and O–H groups in total. The van der Waals surface area contributed by atoms with Crippen LogP contribution in [0.5, 0.6) is 0 Å². The molecule has 1 aromatic heterocycles. The minimum Gasteiger partial charge on any atom is -0.355 e. The molecule has 2 aromatic carbocycles. The zero-order valence-corrected chi connectivity index (χ0v) is 11.5. The first-order valence-electron chi connectivity index (χ1n) is 6.14. The Labute approximate surface area is 120 Å². The molecule has 0 spiro atoms. The molecule has 0 amide bonds. The van der Waals surface area contributed by atoms with Crippen molar-refractivity contribution in [1.29, 1.82) is 0 Å². The van der Waals surface area contributed by atoms with Crippen LogP contribution in [0.2, 0.25) is 5.02 Å². The Morgan fingerprint density at radius 1 is 1.20 bits per heavy atom. The van der Waals surface area contributed by atoms with Gasteiger partial charge in [0.2, 0.25) is 0 Å². The van der Waals surface area contributed by atoms with Gasteiger partial charge >= 0.3 is 0 Å². The number of carbonyl (C=O) groups excluding carboxylic acids is 1. The number of hydrogen-bond acceptors (Lipinski definition) is 3. The predicted molar refractivity (Wildman–Crippen MR) is 80.8 cm³/mol. The van der Waals surface area contributed by atoms with Crippen molar-refractivity contribution in [3.63, 3.8) is 0 Å². The number of fused-ring (bicyclic) bond motifs is 1. The first-order chi connectivity index (χ1) is 9.63. The maximum absolute atomic E-state index is 11.5. The van der Waals surface area contributed by atoms with Gasteiger partial charge in [-0.1, -0.05) is 11.6 Å². The molecular weight excluding hydrogens is 274 g/mol. The SMILES string of the molecule is CC(=O)c1cc(Nc2ccc3cn[nH]c3c2)ccc1Cl. The lowest BCUT2D eigenvalue weighted by atomic mass is 10.1. The average molecular weight is 286 g/mol. The lowest BCUT2D eigenvalue weighted by Crippen LogP contribution is -1.96. The Balaban J connectivity index is 1.94. The van der Waals surface area contributed by atoms with Crippen LogP contribution in [-0.2, 0) is 0 Å². The van der Waals surface area contributed by atoms with Gasteiger partial charge in [0, 0.05) is 22.3 Å². The standard InChI is InChI=1S/C15H12ClN3O/c1-9(20)13-6-11(4-5-14(13)16)18-12-3-2-10-8-17-19-15(10)7-12/h2-8,18H,1H3,(H,17,19). The summed E-state index contributed by atoms with van der Waals surface area (Å²) in [7, 11) is 0. The topological polar surface area (TPSA) is 57.8 Å². The van der Waals surface area contributed by atoms with Crippen molar-refractivity contribution in [3.05, 3.63) is 53.2 Å². The first-order valence-corrected chi connectivity index (χ1v) is 6.52. The van der Waals surface area contributed by atoms with Crippen LogP contribution in [0, 0.1) is 0 Å². The summed E-state index contributed by atoms with van der Waals surface area (Å²) in [6.07, 6.45) is 1.77. The summed E-state index contributed by atoms with van der Waals surface area (Å²) >= 11 is 6.00. The lowest BCUT2D eigenvalue weighted by molar-refractivity contribution is 0.101. The fourth-order valence-corrected chi connectivity index (χ4v) is 2.30. The summed E-state index contributed by atoms with van der Waals surface area (Å²) in [4.78, 5) is 11.5. The number of nitrogens with zero attached hydrogens (tertiary/aromatic N) is 1. The number of aromatic amines is 1. The molecule has 0 aliphatic rings. The lowest BCUT2D eigenvalue weighted by Gasteiger charge is -2.08. The van der Waals surface area contributed by atoms with E-state index in [1.807, 2.05) is 24.3 Å². The predicted octanol–water partition coefficient (Wildman–Crippen LogP) is 4.16. The molecule has 20 heavy (non-hydrogen) atoms. The molecule has 0 atom stereocenters. The number of H-pyrrole nitrogens is 1. The van der Waals surface area contributed by atoms with Crippen LogP contribution in [0.15, 0.2) is 42.6 Å². The Hall–Kier alpha value is -2.33. The van der Waals surface area contributed by atoms with Crippen molar-refractivity contribution >= 4 is 39.7 Å². The summed E-state index contributed by atoms with van der Waals surface area (Å²) in [5.74, 6) is -0.0531. The van der Waals surface area contributed by atoms with E-state index in [9.17, 15) is 4.79 Å². The molecule has 0 aliphatic carbocycles. The van der Waals surface area contributed by atoms with Crippen molar-refractivity contribution in [2.24, 2.45) is 0 Å². The largest absolute Gasteiger partial charge is 0.355 e. The van der Waals surface area contributed by atoms with Crippen LogP contribution in [0.3, 0.4) is 0 Å². The highest BCUT2D eigenvalue weighted by molar-refractivity contribution is 6.34. The second kappa shape index (κ2) is 4.98. The molecule has 0 saturated carbocycles. The third-order valence-electron chi connectivity index (χ3n) is 3.08. The molecule has 3 aromatic rings. The minimum absolute atomic E-state index is 0.0531. The summed E-state index contributed by atoms with van der Waals surface area (Å²) < 4.78 is 0. The number of benzene rings is 2. The van der Waals surface area contributed by atoms with E-state index < -0.39 is 0 Å². The Kier molecular flexibility index (Phi) is 3.16. The van der Waals surface area contributed by atoms with E-state index in [0.29, 0.717) is 10.6 Å². The number of rotatable bonds is 3. The van der Waals surface area contributed by atoms with Gasteiger partial charge in [-0.25, -0.2) is 0 Å². The van der Waals surface area contributed by atoms with Gasteiger partial charge in [-0.3, -0.25) is 9.89 Å². The van der Waals surface area contributed by atoms with Gasteiger partial charge in [0.25, 0.3) is 0 Å². The van der Waals surface area contributed by atoms with Crippen molar-refractivity contribution in [1.82, 2.24) is 10.2 Å². The van der Waals surface area contributed by atoms with E-state index in [0.717, 1.165) is 22.3 Å². The van der Waals surface area contributed by atoms with Gasteiger partial charge in [-0.05, 0) is 43.3 Å². The van der Waals surface area contributed by atoms with E-state index in [1.54, 1.807) is 18.3 Å². The van der Waals surface area contributed by atoms with Crippen LogP contribution in [0.25, 0.3) is 10.9 Å². The van der Waals surface area contributed by atoms with E-state index in [-0.39, 0.29) is 5.78 Å². The number of hydrogen-bond donors (Lipinski definition) is 2. The number of aromatic nitrogens is 2. The summed E-state index contributed by atoms with van der Waals surface area (Å²) in [5, 5.41) is 11.7. The van der Waals surface area contributed by atoms with Crippen LogP contribution in [0.4, 0.5) is 11.4 Å². The van der Waals surface area contributed by atoms with Gasteiger partial charge in [0.1, 0.15) is 0 Å².